The van der Waals surface area contributed by atoms with E-state index in [-0.39, 0.29) is 29.2 Å². The van der Waals surface area contributed by atoms with Crippen LogP contribution in [0.5, 0.6) is 0 Å². The first kappa shape index (κ1) is 31.4. The molecule has 0 spiro atoms. The number of aromatic amines is 1. The van der Waals surface area contributed by atoms with Crippen LogP contribution in [0.25, 0.3) is 11.8 Å². The van der Waals surface area contributed by atoms with Gasteiger partial charge in [0.25, 0.3) is 5.91 Å². The number of urea groups is 1. The minimum absolute atomic E-state index is 0.00799. The average Bonchev–Trinajstić information content (AvgIpc) is 3.47. The van der Waals surface area contributed by atoms with Crippen LogP contribution in [0.15, 0.2) is 76.6 Å². The number of hydrogen-bond acceptors (Lipinski definition) is 4. The number of H-pyrrole nitrogens is 1. The summed E-state index contributed by atoms with van der Waals surface area (Å²) in [6.45, 7) is 3.06. The number of halogens is 4. The van der Waals surface area contributed by atoms with Crippen LogP contribution in [0.4, 0.5) is 23.7 Å². The highest BCUT2D eigenvalue weighted by atomic mass is 35.5. The molecule has 0 radical (unpaired) electrons. The lowest BCUT2D eigenvalue weighted by Crippen LogP contribution is -2.49. The van der Waals surface area contributed by atoms with E-state index in [9.17, 15) is 32.3 Å². The van der Waals surface area contributed by atoms with Gasteiger partial charge in [0, 0.05) is 53.0 Å². The molecule has 4 aromatic rings. The van der Waals surface area contributed by atoms with Crippen molar-refractivity contribution in [1.82, 2.24) is 19.5 Å². The third kappa shape index (κ3) is 6.16. The molecule has 1 aliphatic rings. The van der Waals surface area contributed by atoms with Crippen molar-refractivity contribution in [3.63, 3.8) is 0 Å². The Morgan fingerprint density at radius 1 is 1.07 bits per heavy atom. The normalized spacial score (nSPS) is 16.0. The zero-order valence-corrected chi connectivity index (χ0v) is 24.8. The van der Waals surface area contributed by atoms with Gasteiger partial charge in [-0.25, -0.2) is 9.47 Å². The summed E-state index contributed by atoms with van der Waals surface area (Å²) >= 11 is 5.86. The number of allylic oxidation sites excluding steroid dienone is 1. The highest BCUT2D eigenvalue weighted by molar-refractivity contribution is 6.30. The first-order chi connectivity index (χ1) is 21.3. The maximum absolute atomic E-state index is 14.9. The molecule has 3 amide bonds. The van der Waals surface area contributed by atoms with Gasteiger partial charge in [0.05, 0.1) is 5.69 Å². The Labute approximate surface area is 259 Å². The summed E-state index contributed by atoms with van der Waals surface area (Å²) < 4.78 is 46.7. The Balaban J connectivity index is 1.51. The molecule has 1 atom stereocenters. The van der Waals surface area contributed by atoms with Crippen molar-refractivity contribution in [2.24, 2.45) is 5.41 Å². The third-order valence-corrected chi connectivity index (χ3v) is 8.04. The summed E-state index contributed by atoms with van der Waals surface area (Å²) in [5.74, 6) is -0.715. The second-order valence-electron chi connectivity index (χ2n) is 10.6. The van der Waals surface area contributed by atoms with E-state index < -0.39 is 47.5 Å². The predicted octanol–water partition coefficient (Wildman–Crippen LogP) is 5.52. The van der Waals surface area contributed by atoms with Crippen LogP contribution in [0.3, 0.4) is 0 Å². The van der Waals surface area contributed by atoms with Crippen LogP contribution in [0, 0.1) is 12.3 Å². The lowest BCUT2D eigenvalue weighted by Gasteiger charge is -2.40. The number of benzene rings is 2. The van der Waals surface area contributed by atoms with E-state index >= 15 is 0 Å². The van der Waals surface area contributed by atoms with Gasteiger partial charge in [-0.15, -0.1) is 0 Å². The number of nitrogens with zero attached hydrogens (tertiary/aromatic N) is 2. The molecule has 2 aromatic heterocycles. The molecule has 4 N–H and O–H groups in total. The minimum Gasteiger partial charge on any atom is -0.334 e. The van der Waals surface area contributed by atoms with E-state index in [2.05, 4.69) is 21.0 Å². The smallest absolute Gasteiger partial charge is 0.334 e. The summed E-state index contributed by atoms with van der Waals surface area (Å²) in [5, 5.41) is 5.79. The van der Waals surface area contributed by atoms with Crippen molar-refractivity contribution < 1.29 is 22.8 Å². The summed E-state index contributed by atoms with van der Waals surface area (Å²) in [6.07, 6.45) is -1.85. The number of fused-ring (bicyclic) bond motifs is 1. The van der Waals surface area contributed by atoms with Gasteiger partial charge in [-0.2, -0.15) is 13.2 Å². The van der Waals surface area contributed by atoms with Crippen LogP contribution in [-0.2, 0) is 13.0 Å². The zero-order valence-electron chi connectivity index (χ0n) is 24.1. The van der Waals surface area contributed by atoms with Gasteiger partial charge in [0.15, 0.2) is 0 Å². The highest BCUT2D eigenvalue weighted by Gasteiger charge is 2.58. The molecule has 1 unspecified atom stereocenters. The number of anilines is 1. The number of aryl methyl sites for hydroxylation is 1. The summed E-state index contributed by atoms with van der Waals surface area (Å²) in [6, 6.07) is 14.0. The number of rotatable bonds is 7. The van der Waals surface area contributed by atoms with E-state index in [0.717, 1.165) is 6.08 Å². The average molecular weight is 641 g/mol. The van der Waals surface area contributed by atoms with Gasteiger partial charge in [-0.3, -0.25) is 19.8 Å². The van der Waals surface area contributed by atoms with Crippen molar-refractivity contribution in [1.29, 1.82) is 0 Å². The predicted molar refractivity (Wildman–Crippen MR) is 165 cm³/mol. The molecular weight excluding hydrogens is 613 g/mol. The van der Waals surface area contributed by atoms with Gasteiger partial charge in [0.2, 0.25) is 0 Å². The van der Waals surface area contributed by atoms with Gasteiger partial charge in [-0.1, -0.05) is 36.7 Å². The number of nitrogens with one attached hydrogen (secondary N) is 4. The largest absolute Gasteiger partial charge is 0.400 e. The van der Waals surface area contributed by atoms with Gasteiger partial charge >= 0.3 is 23.3 Å². The quantitative estimate of drug-likeness (QED) is 0.198. The molecule has 0 bridgehead atoms. The molecule has 1 aliphatic carbocycles. The molecule has 2 heterocycles. The number of alkyl halides is 3. The zero-order chi connectivity index (χ0) is 32.5. The van der Waals surface area contributed by atoms with Crippen LogP contribution in [-0.4, -0.2) is 32.3 Å². The van der Waals surface area contributed by atoms with Crippen molar-refractivity contribution in [3.8, 4) is 0 Å². The van der Waals surface area contributed by atoms with Gasteiger partial charge in [-0.05, 0) is 66.9 Å². The molecule has 0 saturated heterocycles. The van der Waals surface area contributed by atoms with Crippen molar-refractivity contribution in [2.45, 2.75) is 39.4 Å². The fourth-order valence-corrected chi connectivity index (χ4v) is 5.43. The Hall–Kier alpha value is -5.04. The van der Waals surface area contributed by atoms with E-state index in [1.54, 1.807) is 55.5 Å². The molecule has 0 aliphatic heterocycles. The van der Waals surface area contributed by atoms with E-state index in [0.29, 0.717) is 26.5 Å². The van der Waals surface area contributed by atoms with Crippen LogP contribution < -0.4 is 27.2 Å². The Bertz CT molecular complexity index is 1930. The van der Waals surface area contributed by atoms with Gasteiger partial charge < -0.3 is 20.2 Å². The lowest BCUT2D eigenvalue weighted by molar-refractivity contribution is -0.204. The fraction of sp³-hybridized carbons (Fsp3) is 0.226. The van der Waals surface area contributed by atoms with Gasteiger partial charge in [0.1, 0.15) is 5.41 Å². The maximum Gasteiger partial charge on any atom is 0.400 e. The van der Waals surface area contributed by atoms with Crippen molar-refractivity contribution >= 4 is 41.0 Å². The summed E-state index contributed by atoms with van der Waals surface area (Å²) in [7, 11) is 0. The molecule has 10 nitrogen and oxygen atoms in total. The molecule has 5 rings (SSSR count). The fourth-order valence-electron chi connectivity index (χ4n) is 5.31. The standard InChI is InChI=1S/C31H28ClF3N6O4/c1-3-30(31(33,34)35)15-23-24(41(28(44)27(43)38-23)39-26(42)22-7-5-4-6-18(22)2)14-25(30)40-13-12-19(17-40)16-36-29(45)37-21-10-8-20(32)9-11-21/h4-14,17H,3,15-16H2,1-2H3,(H,38,43)(H,39,42)(H2,36,37,45). The number of aromatic nitrogens is 3. The second-order valence-corrected chi connectivity index (χ2v) is 11.0. The molecule has 234 valence electrons. The summed E-state index contributed by atoms with van der Waals surface area (Å²) in [5.41, 5.74) is -1.06. The first-order valence-corrected chi connectivity index (χ1v) is 14.2. The molecule has 0 fully saturated rings. The summed E-state index contributed by atoms with van der Waals surface area (Å²) in [4.78, 5) is 53.3. The van der Waals surface area contributed by atoms with E-state index in [4.69, 9.17) is 11.6 Å². The number of amides is 3. The number of hydrogen-bond donors (Lipinski definition) is 4. The Morgan fingerprint density at radius 2 is 1.78 bits per heavy atom. The molecule has 2 aromatic carbocycles. The Morgan fingerprint density at radius 3 is 2.44 bits per heavy atom. The van der Waals surface area contributed by atoms with Crippen LogP contribution >= 0.6 is 11.6 Å². The maximum atomic E-state index is 14.9. The third-order valence-electron chi connectivity index (χ3n) is 7.79. The minimum atomic E-state index is -4.77. The van der Waals surface area contributed by atoms with Crippen LogP contribution in [0.1, 0.15) is 46.2 Å². The monoisotopic (exact) mass is 640 g/mol. The Kier molecular flexibility index (Phi) is 8.48. The number of carbonyl (C=O) groups is 2. The topological polar surface area (TPSA) is 130 Å². The number of carbonyl (C=O) groups excluding carboxylic acids is 2. The van der Waals surface area contributed by atoms with Crippen molar-refractivity contribution in [3.05, 3.63) is 121 Å². The van der Waals surface area contributed by atoms with E-state index in [1.165, 1.54) is 30.0 Å². The molecule has 0 saturated carbocycles. The first-order valence-electron chi connectivity index (χ1n) is 13.8. The lowest BCUT2D eigenvalue weighted by atomic mass is 9.73. The highest BCUT2D eigenvalue weighted by Crippen LogP contribution is 2.53. The molecular formula is C31H28ClF3N6O4. The van der Waals surface area contributed by atoms with Crippen LogP contribution in [0.2, 0.25) is 5.02 Å². The molecule has 14 heteroatoms. The van der Waals surface area contributed by atoms with Crippen molar-refractivity contribution in [2.75, 3.05) is 10.7 Å². The SMILES string of the molecule is CCC1(C(F)(F)F)Cc2[nH]c(=O)c(=O)n(NC(=O)c3ccccc3C)c2C=C1n1ccc(CNC(=O)Nc2ccc(Cl)cc2)c1. The second kappa shape index (κ2) is 12.2. The molecule has 45 heavy (non-hydrogen) atoms. The van der Waals surface area contributed by atoms with E-state index in [1.807, 2.05) is 0 Å².